The SMILES string of the molecule is Cc1[nH]c(/C=C2\C(=O)Nc3ccc(S(=O)(=O)N4CCc5ccccc54)cc32)c(C)c1C(=O)O. The number of aromatic nitrogens is 1. The molecule has 2 aliphatic heterocycles. The summed E-state index contributed by atoms with van der Waals surface area (Å²) in [7, 11) is -3.83. The molecule has 3 N–H and O–H groups in total. The summed E-state index contributed by atoms with van der Waals surface area (Å²) in [5, 5.41) is 12.2. The molecule has 3 aromatic rings. The molecule has 0 atom stereocenters. The number of hydrogen-bond acceptors (Lipinski definition) is 4. The first-order chi connectivity index (χ1) is 15.7. The molecule has 33 heavy (non-hydrogen) atoms. The minimum atomic E-state index is -3.83. The van der Waals surface area contributed by atoms with Crippen molar-refractivity contribution in [3.8, 4) is 0 Å². The maximum atomic E-state index is 13.5. The van der Waals surface area contributed by atoms with Crippen LogP contribution in [0.2, 0.25) is 0 Å². The molecule has 0 bridgehead atoms. The van der Waals surface area contributed by atoms with Crippen molar-refractivity contribution in [2.75, 3.05) is 16.2 Å². The zero-order valence-electron chi connectivity index (χ0n) is 18.0. The van der Waals surface area contributed by atoms with E-state index in [0.29, 0.717) is 46.9 Å². The van der Waals surface area contributed by atoms with Gasteiger partial charge in [0.2, 0.25) is 0 Å². The van der Waals surface area contributed by atoms with Gasteiger partial charge in [0, 0.05) is 29.2 Å². The number of sulfonamides is 1. The molecule has 0 saturated heterocycles. The van der Waals surface area contributed by atoms with Crippen LogP contribution in [0.4, 0.5) is 11.4 Å². The van der Waals surface area contributed by atoms with Crippen molar-refractivity contribution in [1.82, 2.24) is 4.98 Å². The largest absolute Gasteiger partial charge is 0.478 e. The molecule has 0 spiro atoms. The monoisotopic (exact) mass is 463 g/mol. The molecular formula is C24H21N3O5S. The van der Waals surface area contributed by atoms with Gasteiger partial charge in [0.1, 0.15) is 0 Å². The Balaban J connectivity index is 1.58. The number of aromatic carboxylic acids is 1. The van der Waals surface area contributed by atoms with E-state index >= 15 is 0 Å². The zero-order valence-corrected chi connectivity index (χ0v) is 18.8. The van der Waals surface area contributed by atoms with E-state index in [1.165, 1.54) is 16.4 Å². The molecule has 0 saturated carbocycles. The summed E-state index contributed by atoms with van der Waals surface area (Å²) >= 11 is 0. The number of amides is 1. The minimum Gasteiger partial charge on any atom is -0.478 e. The highest BCUT2D eigenvalue weighted by molar-refractivity contribution is 7.92. The normalized spacial score (nSPS) is 16.1. The first-order valence-electron chi connectivity index (χ1n) is 10.4. The van der Waals surface area contributed by atoms with E-state index in [-0.39, 0.29) is 21.9 Å². The lowest BCUT2D eigenvalue weighted by molar-refractivity contribution is -0.110. The molecule has 2 aliphatic rings. The molecular weight excluding hydrogens is 442 g/mol. The van der Waals surface area contributed by atoms with Crippen LogP contribution >= 0.6 is 0 Å². The lowest BCUT2D eigenvalue weighted by Gasteiger charge is -2.20. The predicted octanol–water partition coefficient (Wildman–Crippen LogP) is 3.57. The Hall–Kier alpha value is -3.85. The number of hydrogen-bond donors (Lipinski definition) is 3. The molecule has 2 aromatic carbocycles. The number of carbonyl (C=O) groups is 2. The minimum absolute atomic E-state index is 0.0889. The van der Waals surface area contributed by atoms with Crippen LogP contribution < -0.4 is 9.62 Å². The summed E-state index contributed by atoms with van der Waals surface area (Å²) in [5.74, 6) is -1.43. The van der Waals surface area contributed by atoms with Crippen molar-refractivity contribution < 1.29 is 23.1 Å². The van der Waals surface area contributed by atoms with Gasteiger partial charge in [-0.1, -0.05) is 18.2 Å². The second-order valence-electron chi connectivity index (χ2n) is 8.14. The number of aromatic amines is 1. The van der Waals surface area contributed by atoms with E-state index in [9.17, 15) is 23.1 Å². The van der Waals surface area contributed by atoms with E-state index in [1.54, 1.807) is 32.1 Å². The Morgan fingerprint density at radius 2 is 1.91 bits per heavy atom. The Labute approximate surface area is 190 Å². The molecule has 5 rings (SSSR count). The number of benzene rings is 2. The van der Waals surface area contributed by atoms with Crippen LogP contribution in [0.15, 0.2) is 47.4 Å². The third-order valence-electron chi connectivity index (χ3n) is 6.19. The lowest BCUT2D eigenvalue weighted by Crippen LogP contribution is -2.29. The van der Waals surface area contributed by atoms with Crippen molar-refractivity contribution in [2.45, 2.75) is 25.2 Å². The van der Waals surface area contributed by atoms with Crippen molar-refractivity contribution >= 4 is 44.9 Å². The van der Waals surface area contributed by atoms with Crippen LogP contribution in [-0.4, -0.2) is 36.9 Å². The Morgan fingerprint density at radius 3 is 2.64 bits per heavy atom. The van der Waals surface area contributed by atoms with E-state index < -0.39 is 16.0 Å². The Bertz CT molecular complexity index is 1480. The number of H-pyrrole nitrogens is 1. The summed E-state index contributed by atoms with van der Waals surface area (Å²) in [6, 6.07) is 12.0. The highest BCUT2D eigenvalue weighted by atomic mass is 32.2. The van der Waals surface area contributed by atoms with Crippen molar-refractivity contribution in [3.63, 3.8) is 0 Å². The van der Waals surface area contributed by atoms with E-state index in [0.717, 1.165) is 5.56 Å². The summed E-state index contributed by atoms with van der Waals surface area (Å²) in [4.78, 5) is 27.3. The van der Waals surface area contributed by atoms with Crippen LogP contribution in [0.25, 0.3) is 11.6 Å². The standard InChI is InChI=1S/C24H21N3O5S/c1-13-20(25-14(2)22(13)24(29)30)12-18-17-11-16(7-8-19(17)26-23(18)28)33(31,32)27-10-9-15-5-3-4-6-21(15)27/h3-8,11-12,25H,9-10H2,1-2H3,(H,26,28)(H,29,30)/b18-12-. The van der Waals surface area contributed by atoms with Gasteiger partial charge in [0.25, 0.3) is 15.9 Å². The van der Waals surface area contributed by atoms with Gasteiger partial charge in [-0.05, 0) is 61.7 Å². The number of nitrogens with one attached hydrogen (secondary N) is 2. The van der Waals surface area contributed by atoms with Crippen LogP contribution in [0.1, 0.15) is 38.4 Å². The Morgan fingerprint density at radius 1 is 1.15 bits per heavy atom. The number of nitrogens with zero attached hydrogens (tertiary/aromatic N) is 1. The lowest BCUT2D eigenvalue weighted by atomic mass is 10.0. The van der Waals surface area contributed by atoms with Gasteiger partial charge in [-0.2, -0.15) is 0 Å². The van der Waals surface area contributed by atoms with Crippen molar-refractivity contribution in [1.29, 1.82) is 0 Å². The van der Waals surface area contributed by atoms with Gasteiger partial charge in [-0.25, -0.2) is 13.2 Å². The fourth-order valence-electron chi connectivity index (χ4n) is 4.54. The number of para-hydroxylation sites is 1. The summed E-state index contributed by atoms with van der Waals surface area (Å²) in [6.45, 7) is 3.68. The number of rotatable bonds is 4. The van der Waals surface area contributed by atoms with Crippen molar-refractivity contribution in [2.24, 2.45) is 0 Å². The molecule has 9 heteroatoms. The van der Waals surface area contributed by atoms with Gasteiger partial charge < -0.3 is 15.4 Å². The van der Waals surface area contributed by atoms with E-state index in [2.05, 4.69) is 10.3 Å². The number of carbonyl (C=O) groups excluding carboxylic acids is 1. The zero-order chi connectivity index (χ0) is 23.5. The molecule has 3 heterocycles. The fourth-order valence-corrected chi connectivity index (χ4v) is 6.07. The summed E-state index contributed by atoms with van der Waals surface area (Å²) < 4.78 is 28.3. The first kappa shape index (κ1) is 21.0. The third-order valence-corrected chi connectivity index (χ3v) is 7.99. The molecule has 1 aromatic heterocycles. The molecule has 0 aliphatic carbocycles. The number of carboxylic acid groups (broad SMARTS) is 1. The first-order valence-corrected chi connectivity index (χ1v) is 11.8. The Kier molecular flexibility index (Phi) is 4.68. The molecule has 168 valence electrons. The second-order valence-corrected chi connectivity index (χ2v) is 10.0. The van der Waals surface area contributed by atoms with Crippen LogP contribution in [0.5, 0.6) is 0 Å². The van der Waals surface area contributed by atoms with E-state index in [4.69, 9.17) is 0 Å². The quantitative estimate of drug-likeness (QED) is 0.511. The number of fused-ring (bicyclic) bond motifs is 2. The predicted molar refractivity (Wildman–Crippen MR) is 125 cm³/mol. The van der Waals surface area contributed by atoms with Gasteiger partial charge in [-0.15, -0.1) is 0 Å². The number of aryl methyl sites for hydroxylation is 1. The molecule has 1 amide bonds. The third kappa shape index (κ3) is 3.23. The second kappa shape index (κ2) is 7.35. The summed E-state index contributed by atoms with van der Waals surface area (Å²) in [6.07, 6.45) is 2.21. The van der Waals surface area contributed by atoms with Crippen LogP contribution in [0.3, 0.4) is 0 Å². The average molecular weight is 464 g/mol. The fraction of sp³-hybridized carbons (Fsp3) is 0.167. The highest BCUT2D eigenvalue weighted by Crippen LogP contribution is 2.38. The van der Waals surface area contributed by atoms with E-state index in [1.807, 2.05) is 18.2 Å². The van der Waals surface area contributed by atoms with Gasteiger partial charge in [0.15, 0.2) is 0 Å². The number of carboxylic acids is 1. The molecule has 0 unspecified atom stereocenters. The van der Waals surface area contributed by atoms with Crippen LogP contribution in [-0.2, 0) is 21.2 Å². The molecule has 0 radical (unpaired) electrons. The highest BCUT2D eigenvalue weighted by Gasteiger charge is 2.33. The van der Waals surface area contributed by atoms with Crippen molar-refractivity contribution in [3.05, 3.63) is 76.1 Å². The molecule has 0 fully saturated rings. The average Bonchev–Trinajstić information content (AvgIpc) is 3.42. The number of anilines is 2. The van der Waals surface area contributed by atoms with Gasteiger partial charge in [0.05, 0.1) is 21.7 Å². The van der Waals surface area contributed by atoms with Crippen LogP contribution in [0, 0.1) is 13.8 Å². The maximum absolute atomic E-state index is 13.5. The van der Waals surface area contributed by atoms with Gasteiger partial charge in [-0.3, -0.25) is 9.10 Å². The maximum Gasteiger partial charge on any atom is 0.337 e. The molecule has 8 nitrogen and oxygen atoms in total. The van der Waals surface area contributed by atoms with Gasteiger partial charge >= 0.3 is 5.97 Å². The smallest absolute Gasteiger partial charge is 0.337 e. The summed E-state index contributed by atoms with van der Waals surface area (Å²) in [5.41, 5.74) is 4.51. The topological polar surface area (TPSA) is 120 Å².